The minimum Gasteiger partial charge on any atom is -0.411 e. The van der Waals surface area contributed by atoms with Crippen LogP contribution in [0.3, 0.4) is 0 Å². The van der Waals surface area contributed by atoms with E-state index in [2.05, 4.69) is 29.4 Å². The second-order valence-corrected chi connectivity index (χ2v) is 4.77. The van der Waals surface area contributed by atoms with Crippen LogP contribution in [0.25, 0.3) is 10.8 Å². The van der Waals surface area contributed by atoms with E-state index in [-0.39, 0.29) is 0 Å². The molecule has 0 radical (unpaired) electrons. The third kappa shape index (κ3) is 2.54. The summed E-state index contributed by atoms with van der Waals surface area (Å²) in [5.41, 5.74) is 2.77. The van der Waals surface area contributed by atoms with Crippen LogP contribution in [-0.2, 0) is 6.42 Å². The maximum Gasteiger partial charge on any atom is 0.0911 e. The topological polar surface area (TPSA) is 32.6 Å². The van der Waals surface area contributed by atoms with Gasteiger partial charge in [0.05, 0.1) is 5.71 Å². The highest BCUT2D eigenvalue weighted by atomic mass is 16.4. The quantitative estimate of drug-likeness (QED) is 0.426. The van der Waals surface area contributed by atoms with Gasteiger partial charge in [-0.2, -0.15) is 0 Å². The number of hydrogen-bond donors (Lipinski definition) is 1. The Morgan fingerprint density at radius 1 is 0.800 bits per heavy atom. The fraction of sp³-hybridized carbons (Fsp3) is 0.0556. The normalized spacial score (nSPS) is 11.7. The van der Waals surface area contributed by atoms with Gasteiger partial charge in [-0.1, -0.05) is 71.9 Å². The van der Waals surface area contributed by atoms with E-state index in [0.29, 0.717) is 12.1 Å². The summed E-state index contributed by atoms with van der Waals surface area (Å²) in [6, 6.07) is 24.3. The number of rotatable bonds is 3. The fourth-order valence-electron chi connectivity index (χ4n) is 2.35. The van der Waals surface area contributed by atoms with Gasteiger partial charge < -0.3 is 5.21 Å². The predicted octanol–water partition coefficient (Wildman–Crippen LogP) is 4.26. The van der Waals surface area contributed by atoms with Gasteiger partial charge in [0.15, 0.2) is 0 Å². The van der Waals surface area contributed by atoms with Gasteiger partial charge in [-0.05, 0) is 22.4 Å². The lowest BCUT2D eigenvalue weighted by atomic mass is 9.99. The van der Waals surface area contributed by atoms with Gasteiger partial charge in [-0.25, -0.2) is 0 Å². The SMILES string of the molecule is O/N=C(/Cc1ccccc1)c1ccc2ccccc2c1. The molecule has 1 N–H and O–H groups in total. The molecular weight excluding hydrogens is 246 g/mol. The first-order chi connectivity index (χ1) is 9.86. The lowest BCUT2D eigenvalue weighted by Crippen LogP contribution is -2.05. The van der Waals surface area contributed by atoms with Crippen molar-refractivity contribution in [2.24, 2.45) is 5.16 Å². The van der Waals surface area contributed by atoms with E-state index in [1.165, 1.54) is 5.39 Å². The summed E-state index contributed by atoms with van der Waals surface area (Å²) >= 11 is 0. The van der Waals surface area contributed by atoms with E-state index >= 15 is 0 Å². The second kappa shape index (κ2) is 5.57. The summed E-state index contributed by atoms with van der Waals surface area (Å²) < 4.78 is 0. The van der Waals surface area contributed by atoms with Crippen LogP contribution in [0, 0.1) is 0 Å². The molecule has 0 aliphatic carbocycles. The zero-order chi connectivity index (χ0) is 13.8. The molecule has 20 heavy (non-hydrogen) atoms. The molecular formula is C18H15NO. The molecule has 0 heterocycles. The van der Waals surface area contributed by atoms with E-state index in [4.69, 9.17) is 0 Å². The van der Waals surface area contributed by atoms with Gasteiger partial charge in [-0.15, -0.1) is 0 Å². The number of benzene rings is 3. The Morgan fingerprint density at radius 3 is 2.25 bits per heavy atom. The summed E-state index contributed by atoms with van der Waals surface area (Å²) in [6.07, 6.45) is 0.621. The van der Waals surface area contributed by atoms with Crippen molar-refractivity contribution in [3.8, 4) is 0 Å². The van der Waals surface area contributed by atoms with Crippen molar-refractivity contribution in [2.75, 3.05) is 0 Å². The fourth-order valence-corrected chi connectivity index (χ4v) is 2.35. The summed E-state index contributed by atoms with van der Waals surface area (Å²) in [5.74, 6) is 0. The Labute approximate surface area is 118 Å². The van der Waals surface area contributed by atoms with Crippen LogP contribution in [0.2, 0.25) is 0 Å². The van der Waals surface area contributed by atoms with E-state index in [9.17, 15) is 5.21 Å². The Kier molecular flexibility index (Phi) is 3.46. The molecule has 0 unspecified atom stereocenters. The van der Waals surface area contributed by atoms with Gasteiger partial charge in [0, 0.05) is 12.0 Å². The number of hydrogen-bond acceptors (Lipinski definition) is 2. The maximum atomic E-state index is 9.30. The minimum atomic E-state index is 0.621. The molecule has 3 aromatic rings. The molecule has 0 fully saturated rings. The maximum absolute atomic E-state index is 9.30. The minimum absolute atomic E-state index is 0.621. The first-order valence-electron chi connectivity index (χ1n) is 6.61. The summed E-state index contributed by atoms with van der Waals surface area (Å²) in [6.45, 7) is 0. The van der Waals surface area contributed by atoms with Crippen molar-refractivity contribution >= 4 is 16.5 Å². The molecule has 0 saturated carbocycles. The smallest absolute Gasteiger partial charge is 0.0911 e. The molecule has 0 atom stereocenters. The lowest BCUT2D eigenvalue weighted by Gasteiger charge is -2.06. The molecule has 0 aliphatic heterocycles. The van der Waals surface area contributed by atoms with Crippen LogP contribution in [-0.4, -0.2) is 10.9 Å². The predicted molar refractivity (Wildman–Crippen MR) is 82.4 cm³/mol. The van der Waals surface area contributed by atoms with Gasteiger partial charge in [0.2, 0.25) is 0 Å². The van der Waals surface area contributed by atoms with Gasteiger partial charge in [0.25, 0.3) is 0 Å². The second-order valence-electron chi connectivity index (χ2n) is 4.77. The van der Waals surface area contributed by atoms with Crippen molar-refractivity contribution in [1.82, 2.24) is 0 Å². The molecule has 2 heteroatoms. The molecule has 0 amide bonds. The zero-order valence-corrected chi connectivity index (χ0v) is 11.0. The summed E-state index contributed by atoms with van der Waals surface area (Å²) in [4.78, 5) is 0. The molecule has 2 nitrogen and oxygen atoms in total. The first-order valence-corrected chi connectivity index (χ1v) is 6.61. The Balaban J connectivity index is 1.95. The van der Waals surface area contributed by atoms with Crippen molar-refractivity contribution in [1.29, 1.82) is 0 Å². The van der Waals surface area contributed by atoms with E-state index in [1.807, 2.05) is 48.5 Å². The zero-order valence-electron chi connectivity index (χ0n) is 11.0. The van der Waals surface area contributed by atoms with Crippen molar-refractivity contribution in [3.05, 3.63) is 83.9 Å². The van der Waals surface area contributed by atoms with Gasteiger partial charge in [0.1, 0.15) is 0 Å². The molecule has 0 saturated heterocycles. The van der Waals surface area contributed by atoms with E-state index in [1.54, 1.807) is 0 Å². The van der Waals surface area contributed by atoms with Crippen LogP contribution < -0.4 is 0 Å². The third-order valence-corrected chi connectivity index (χ3v) is 3.42. The largest absolute Gasteiger partial charge is 0.411 e. The monoisotopic (exact) mass is 261 g/mol. The van der Waals surface area contributed by atoms with Crippen LogP contribution >= 0.6 is 0 Å². The molecule has 3 aromatic carbocycles. The molecule has 3 rings (SSSR count). The Hall–Kier alpha value is -2.61. The van der Waals surface area contributed by atoms with Crippen LogP contribution in [0.1, 0.15) is 11.1 Å². The van der Waals surface area contributed by atoms with Crippen LogP contribution in [0.15, 0.2) is 78.0 Å². The van der Waals surface area contributed by atoms with E-state index in [0.717, 1.165) is 16.5 Å². The third-order valence-electron chi connectivity index (χ3n) is 3.42. The average Bonchev–Trinajstić information content (AvgIpc) is 2.53. The van der Waals surface area contributed by atoms with Crippen molar-refractivity contribution in [2.45, 2.75) is 6.42 Å². The number of nitrogens with zero attached hydrogens (tertiary/aromatic N) is 1. The first kappa shape index (κ1) is 12.4. The Bertz CT molecular complexity index is 747. The molecule has 0 bridgehead atoms. The average molecular weight is 261 g/mol. The number of fused-ring (bicyclic) bond motifs is 1. The molecule has 0 aromatic heterocycles. The molecule has 98 valence electrons. The molecule has 0 spiro atoms. The molecule has 0 aliphatic rings. The van der Waals surface area contributed by atoms with Crippen molar-refractivity contribution in [3.63, 3.8) is 0 Å². The highest BCUT2D eigenvalue weighted by molar-refractivity contribution is 6.04. The van der Waals surface area contributed by atoms with Crippen molar-refractivity contribution < 1.29 is 5.21 Å². The van der Waals surface area contributed by atoms with Gasteiger partial charge >= 0.3 is 0 Å². The van der Waals surface area contributed by atoms with Gasteiger partial charge in [-0.3, -0.25) is 0 Å². The lowest BCUT2D eigenvalue weighted by molar-refractivity contribution is 0.318. The highest BCUT2D eigenvalue weighted by Crippen LogP contribution is 2.17. The van der Waals surface area contributed by atoms with E-state index < -0.39 is 0 Å². The standard InChI is InChI=1S/C18H15NO/c20-19-18(12-14-6-2-1-3-7-14)17-11-10-15-8-4-5-9-16(15)13-17/h1-11,13,20H,12H2/b19-18-. The summed E-state index contributed by atoms with van der Waals surface area (Å²) in [5, 5.41) is 15.1. The highest BCUT2D eigenvalue weighted by Gasteiger charge is 2.06. The van der Waals surface area contributed by atoms with Crippen LogP contribution in [0.4, 0.5) is 0 Å². The number of oxime groups is 1. The van der Waals surface area contributed by atoms with Crippen LogP contribution in [0.5, 0.6) is 0 Å². The Morgan fingerprint density at radius 2 is 1.50 bits per heavy atom. The summed E-state index contributed by atoms with van der Waals surface area (Å²) in [7, 11) is 0.